The Kier molecular flexibility index (Phi) is 7.65. The summed E-state index contributed by atoms with van der Waals surface area (Å²) in [6.45, 7) is 2.13. The number of benzene rings is 1. The minimum absolute atomic E-state index is 0.120. The van der Waals surface area contributed by atoms with E-state index in [0.29, 0.717) is 39.9 Å². The fraction of sp³-hybridized carbons (Fsp3) is 0.417. The van der Waals surface area contributed by atoms with Gasteiger partial charge in [0, 0.05) is 31.3 Å². The molecule has 1 aromatic carbocycles. The molecule has 2 saturated heterocycles. The van der Waals surface area contributed by atoms with E-state index in [1.807, 2.05) is 5.01 Å². The van der Waals surface area contributed by atoms with Crippen molar-refractivity contribution in [3.8, 4) is 5.88 Å². The second-order valence-corrected chi connectivity index (χ2v) is 11.9. The van der Waals surface area contributed by atoms with Crippen molar-refractivity contribution in [2.75, 3.05) is 44.8 Å². The highest BCUT2D eigenvalue weighted by molar-refractivity contribution is 7.92. The van der Waals surface area contributed by atoms with E-state index in [1.165, 1.54) is 23.5 Å². The molecule has 13 heteroatoms. The predicted octanol–water partition coefficient (Wildman–Crippen LogP) is 2.06. The first-order valence-electron chi connectivity index (χ1n) is 12.0. The van der Waals surface area contributed by atoms with E-state index in [0.717, 1.165) is 25.9 Å². The largest absolute Gasteiger partial charge is 0.475 e. The van der Waals surface area contributed by atoms with E-state index < -0.39 is 21.0 Å². The zero-order valence-corrected chi connectivity index (χ0v) is 21.6. The van der Waals surface area contributed by atoms with Crippen molar-refractivity contribution in [2.45, 2.75) is 29.4 Å². The number of thiazole rings is 1. The highest BCUT2D eigenvalue weighted by Crippen LogP contribution is 2.27. The molecule has 1 unspecified atom stereocenters. The molecule has 0 spiro atoms. The van der Waals surface area contributed by atoms with E-state index in [2.05, 4.69) is 20.4 Å². The number of anilines is 1. The average molecular weight is 546 g/mol. The summed E-state index contributed by atoms with van der Waals surface area (Å²) < 4.78 is 36.4. The van der Waals surface area contributed by atoms with Gasteiger partial charge >= 0.3 is 0 Å². The summed E-state index contributed by atoms with van der Waals surface area (Å²) in [5, 5.41) is 18.0. The molecule has 2 aliphatic heterocycles. The molecular weight excluding hydrogens is 518 g/mol. The average Bonchev–Trinajstić information content (AvgIpc) is 3.68. The smallest absolute Gasteiger partial charge is 0.278 e. The van der Waals surface area contributed by atoms with Crippen LogP contribution >= 0.6 is 11.3 Å². The maximum Gasteiger partial charge on any atom is 0.278 e. The van der Waals surface area contributed by atoms with Gasteiger partial charge in [0.05, 0.1) is 23.4 Å². The zero-order valence-electron chi connectivity index (χ0n) is 20.0. The highest BCUT2D eigenvalue weighted by atomic mass is 32.2. The van der Waals surface area contributed by atoms with Crippen LogP contribution in [0.15, 0.2) is 46.4 Å². The summed E-state index contributed by atoms with van der Waals surface area (Å²) in [5.41, 5.74) is 1.28. The molecule has 0 saturated carbocycles. The Labute approximate surface area is 218 Å². The van der Waals surface area contributed by atoms with Gasteiger partial charge in [-0.25, -0.2) is 18.4 Å². The lowest BCUT2D eigenvalue weighted by atomic mass is 10.1. The number of rotatable bonds is 9. The van der Waals surface area contributed by atoms with Gasteiger partial charge in [0.2, 0.25) is 5.88 Å². The number of ether oxygens (including phenoxy) is 2. The number of carbonyl (C=O) groups is 1. The zero-order chi connectivity index (χ0) is 25.8. The number of pyridine rings is 1. The maximum absolute atomic E-state index is 13.4. The van der Waals surface area contributed by atoms with Gasteiger partial charge in [0.1, 0.15) is 17.0 Å². The molecule has 4 heterocycles. The topological polar surface area (TPSA) is 143 Å². The number of aliphatic hydroxyl groups is 1. The first-order valence-corrected chi connectivity index (χ1v) is 14.4. The summed E-state index contributed by atoms with van der Waals surface area (Å²) in [7, 11) is -3.51. The lowest BCUT2D eigenvalue weighted by Gasteiger charge is -2.15. The molecule has 5 rings (SSSR count). The van der Waals surface area contributed by atoms with Gasteiger partial charge in [-0.15, -0.1) is 0 Å². The van der Waals surface area contributed by atoms with Crippen LogP contribution in [-0.2, 0) is 19.4 Å². The van der Waals surface area contributed by atoms with Gasteiger partial charge in [-0.2, -0.15) is 5.10 Å². The molecule has 196 valence electrons. The summed E-state index contributed by atoms with van der Waals surface area (Å²) in [6, 6.07) is 9.64. The Hall–Kier alpha value is -3.13. The number of nitrogens with zero attached hydrogens (tertiary/aromatic N) is 4. The molecule has 2 fully saturated rings. The van der Waals surface area contributed by atoms with Crippen LogP contribution in [0.5, 0.6) is 5.88 Å². The number of carbonyl (C=O) groups excluding carboxylic acids is 1. The van der Waals surface area contributed by atoms with Gasteiger partial charge in [0.25, 0.3) is 5.91 Å². The van der Waals surface area contributed by atoms with E-state index >= 15 is 0 Å². The lowest BCUT2D eigenvalue weighted by Crippen LogP contribution is -2.27. The van der Waals surface area contributed by atoms with Crippen molar-refractivity contribution in [3.63, 3.8) is 0 Å². The number of amides is 1. The van der Waals surface area contributed by atoms with E-state index in [-0.39, 0.29) is 30.4 Å². The normalized spacial score (nSPS) is 18.5. The van der Waals surface area contributed by atoms with Crippen LogP contribution in [0.25, 0.3) is 10.3 Å². The van der Waals surface area contributed by atoms with Gasteiger partial charge in [-0.05, 0) is 37.5 Å². The first-order chi connectivity index (χ1) is 17.9. The van der Waals surface area contributed by atoms with Crippen LogP contribution in [0.1, 0.15) is 24.8 Å². The minimum atomic E-state index is -3.51. The molecule has 3 aromatic rings. The number of hydrogen-bond acceptors (Lipinski definition) is 11. The van der Waals surface area contributed by atoms with Crippen molar-refractivity contribution in [2.24, 2.45) is 5.10 Å². The SMILES string of the molecule is O=C(Nc1nc2ccc(OCCO)nc2s1)/C(=N\N1CCCC1)c1ccc(S(=O)(=O)C2CCOC2)cc1. The van der Waals surface area contributed by atoms with Crippen LogP contribution in [-0.4, -0.2) is 84.9 Å². The Morgan fingerprint density at radius 1 is 1.19 bits per heavy atom. The third kappa shape index (κ3) is 5.74. The molecule has 37 heavy (non-hydrogen) atoms. The highest BCUT2D eigenvalue weighted by Gasteiger charge is 2.31. The summed E-state index contributed by atoms with van der Waals surface area (Å²) in [5.74, 6) is -0.0962. The number of aliphatic hydroxyl groups excluding tert-OH is 1. The monoisotopic (exact) mass is 545 g/mol. The number of hydrazone groups is 1. The maximum atomic E-state index is 13.4. The summed E-state index contributed by atoms with van der Waals surface area (Å²) >= 11 is 1.19. The number of aromatic nitrogens is 2. The predicted molar refractivity (Wildman–Crippen MR) is 139 cm³/mol. The van der Waals surface area contributed by atoms with Crippen LogP contribution in [0, 0.1) is 0 Å². The minimum Gasteiger partial charge on any atom is -0.475 e. The second kappa shape index (κ2) is 11.1. The van der Waals surface area contributed by atoms with Gasteiger partial charge in [-0.3, -0.25) is 15.1 Å². The number of fused-ring (bicyclic) bond motifs is 1. The van der Waals surface area contributed by atoms with Crippen molar-refractivity contribution in [3.05, 3.63) is 42.0 Å². The molecule has 2 aliphatic rings. The van der Waals surface area contributed by atoms with Crippen LogP contribution in [0.4, 0.5) is 5.13 Å². The molecular formula is C24H27N5O6S2. The van der Waals surface area contributed by atoms with Gasteiger partial charge in [-0.1, -0.05) is 23.5 Å². The van der Waals surface area contributed by atoms with E-state index in [4.69, 9.17) is 14.6 Å². The first kappa shape index (κ1) is 25.5. The van der Waals surface area contributed by atoms with Crippen LogP contribution in [0.3, 0.4) is 0 Å². The Morgan fingerprint density at radius 2 is 1.97 bits per heavy atom. The Bertz CT molecular complexity index is 1390. The van der Waals surface area contributed by atoms with Crippen molar-refractivity contribution < 1.29 is 27.8 Å². The standard InChI is InChI=1S/C24H27N5O6S2/c30-12-14-35-20-8-7-19-23(26-20)36-24(25-19)27-22(31)21(28-29-10-1-2-11-29)16-3-5-17(6-4-16)37(32,33)18-9-13-34-15-18/h3-8,18,30H,1-2,9-15H2,(H,25,27,31)/b28-21-. The van der Waals surface area contributed by atoms with Crippen molar-refractivity contribution >= 4 is 48.3 Å². The molecule has 1 amide bonds. The van der Waals surface area contributed by atoms with Crippen molar-refractivity contribution in [1.29, 1.82) is 0 Å². The van der Waals surface area contributed by atoms with Crippen molar-refractivity contribution in [1.82, 2.24) is 15.0 Å². The van der Waals surface area contributed by atoms with Crippen LogP contribution < -0.4 is 10.1 Å². The van der Waals surface area contributed by atoms with Crippen LogP contribution in [0.2, 0.25) is 0 Å². The van der Waals surface area contributed by atoms with E-state index in [1.54, 1.807) is 24.3 Å². The summed E-state index contributed by atoms with van der Waals surface area (Å²) in [4.78, 5) is 22.9. The van der Waals surface area contributed by atoms with Gasteiger partial charge in [0.15, 0.2) is 20.7 Å². The molecule has 11 nitrogen and oxygen atoms in total. The van der Waals surface area contributed by atoms with Gasteiger partial charge < -0.3 is 14.6 Å². The number of nitrogens with one attached hydrogen (secondary N) is 1. The molecule has 0 radical (unpaired) electrons. The molecule has 1 atom stereocenters. The number of sulfone groups is 1. The Morgan fingerprint density at radius 3 is 2.68 bits per heavy atom. The second-order valence-electron chi connectivity index (χ2n) is 8.68. The molecule has 2 aromatic heterocycles. The fourth-order valence-corrected chi connectivity index (χ4v) is 6.58. The lowest BCUT2D eigenvalue weighted by molar-refractivity contribution is -0.110. The number of hydrogen-bond donors (Lipinski definition) is 2. The van der Waals surface area contributed by atoms with E-state index in [9.17, 15) is 13.2 Å². The third-order valence-corrected chi connectivity index (χ3v) is 9.17. The molecule has 2 N–H and O–H groups in total. The third-order valence-electron chi connectivity index (χ3n) is 6.11. The quantitative estimate of drug-likeness (QED) is 0.386. The summed E-state index contributed by atoms with van der Waals surface area (Å²) in [6.07, 6.45) is 2.45. The Balaban J connectivity index is 1.39. The molecule has 0 aliphatic carbocycles. The fourth-order valence-electron chi connectivity index (χ4n) is 4.17. The molecule has 0 bridgehead atoms.